The Hall–Kier alpha value is -3.19. The summed E-state index contributed by atoms with van der Waals surface area (Å²) in [7, 11) is 0. The van der Waals surface area contributed by atoms with E-state index in [1.54, 1.807) is 36.5 Å². The monoisotopic (exact) mass is 424 g/mol. The molecule has 0 amide bonds. The Balaban J connectivity index is 2.01. The third-order valence-electron chi connectivity index (χ3n) is 4.84. The van der Waals surface area contributed by atoms with Crippen molar-refractivity contribution in [3.8, 4) is 0 Å². The standard InChI is InChI=1S/C23H24N2O4S/c1-2-3-10-21-24-14-18(12-17(22(26)27)13-19-8-6-11-30-19)25(21)15-16-7-4-5-9-20(16)23(28)29/h4-9,11-12,14H,2-3,10,13,15H2,1H3,(H,26,27)(H,28,29)/b17-12-. The first kappa shape index (κ1) is 21.5. The highest BCUT2D eigenvalue weighted by atomic mass is 32.1. The lowest BCUT2D eigenvalue weighted by Crippen LogP contribution is -2.12. The third-order valence-corrected chi connectivity index (χ3v) is 5.72. The van der Waals surface area contributed by atoms with Gasteiger partial charge in [-0.05, 0) is 35.6 Å². The van der Waals surface area contributed by atoms with Crippen molar-refractivity contribution < 1.29 is 19.8 Å². The van der Waals surface area contributed by atoms with Crippen molar-refractivity contribution in [3.63, 3.8) is 0 Å². The van der Waals surface area contributed by atoms with E-state index in [9.17, 15) is 19.8 Å². The van der Waals surface area contributed by atoms with Gasteiger partial charge in [0.15, 0.2) is 0 Å². The first-order valence-electron chi connectivity index (χ1n) is 9.81. The summed E-state index contributed by atoms with van der Waals surface area (Å²) in [6, 6.07) is 10.7. The molecule has 0 aliphatic rings. The van der Waals surface area contributed by atoms with Crippen LogP contribution in [0.3, 0.4) is 0 Å². The molecule has 0 saturated heterocycles. The maximum absolute atomic E-state index is 11.9. The van der Waals surface area contributed by atoms with Crippen molar-refractivity contribution in [1.82, 2.24) is 9.55 Å². The number of hydrogen-bond acceptors (Lipinski definition) is 4. The van der Waals surface area contributed by atoms with Crippen LogP contribution in [0.5, 0.6) is 0 Å². The lowest BCUT2D eigenvalue weighted by atomic mass is 10.1. The molecule has 0 unspecified atom stereocenters. The van der Waals surface area contributed by atoms with Crippen LogP contribution in [-0.4, -0.2) is 31.7 Å². The largest absolute Gasteiger partial charge is 0.478 e. The van der Waals surface area contributed by atoms with Gasteiger partial charge in [0.1, 0.15) is 5.82 Å². The van der Waals surface area contributed by atoms with Crippen LogP contribution in [0.4, 0.5) is 0 Å². The van der Waals surface area contributed by atoms with Gasteiger partial charge >= 0.3 is 11.9 Å². The topological polar surface area (TPSA) is 92.4 Å². The summed E-state index contributed by atoms with van der Waals surface area (Å²) in [5.41, 5.74) is 1.83. The molecule has 7 heteroatoms. The number of aliphatic carboxylic acids is 1. The summed E-state index contributed by atoms with van der Waals surface area (Å²) in [5, 5.41) is 21.2. The normalized spacial score (nSPS) is 11.6. The highest BCUT2D eigenvalue weighted by Crippen LogP contribution is 2.21. The van der Waals surface area contributed by atoms with Crippen LogP contribution in [-0.2, 0) is 24.2 Å². The number of thiophene rings is 1. The van der Waals surface area contributed by atoms with Gasteiger partial charge in [0, 0.05) is 23.3 Å². The van der Waals surface area contributed by atoms with Crippen molar-refractivity contribution in [3.05, 3.63) is 81.1 Å². The van der Waals surface area contributed by atoms with Gasteiger partial charge in [-0.2, -0.15) is 0 Å². The fourth-order valence-electron chi connectivity index (χ4n) is 3.27. The van der Waals surface area contributed by atoms with Crippen molar-refractivity contribution in [1.29, 1.82) is 0 Å². The highest BCUT2D eigenvalue weighted by Gasteiger charge is 2.16. The molecule has 0 aliphatic carbocycles. The van der Waals surface area contributed by atoms with Crippen LogP contribution in [0.25, 0.3) is 6.08 Å². The summed E-state index contributed by atoms with van der Waals surface area (Å²) < 4.78 is 1.93. The number of aryl methyl sites for hydroxylation is 1. The predicted octanol–water partition coefficient (Wildman–Crippen LogP) is 4.74. The number of aromatic nitrogens is 2. The molecule has 0 fully saturated rings. The third kappa shape index (κ3) is 5.24. The summed E-state index contributed by atoms with van der Waals surface area (Å²) >= 11 is 1.52. The molecule has 156 valence electrons. The maximum atomic E-state index is 11.9. The molecular weight excluding hydrogens is 400 g/mol. The number of nitrogens with zero attached hydrogens (tertiary/aromatic N) is 2. The van der Waals surface area contributed by atoms with Crippen LogP contribution in [0.1, 0.15) is 52.1 Å². The second kappa shape index (κ2) is 10.0. The fraction of sp³-hybridized carbons (Fsp3) is 0.261. The number of benzene rings is 1. The van der Waals surface area contributed by atoms with Crippen molar-refractivity contribution in [2.75, 3.05) is 0 Å². The molecule has 6 nitrogen and oxygen atoms in total. The van der Waals surface area contributed by atoms with Gasteiger partial charge in [0.05, 0.1) is 24.0 Å². The van der Waals surface area contributed by atoms with Crippen molar-refractivity contribution in [2.24, 2.45) is 0 Å². The van der Waals surface area contributed by atoms with Gasteiger partial charge in [-0.15, -0.1) is 11.3 Å². The minimum Gasteiger partial charge on any atom is -0.478 e. The molecule has 0 aliphatic heterocycles. The minimum atomic E-state index is -0.984. The van der Waals surface area contributed by atoms with Crippen molar-refractivity contribution in [2.45, 2.75) is 39.2 Å². The maximum Gasteiger partial charge on any atom is 0.336 e. The Morgan fingerprint density at radius 3 is 2.63 bits per heavy atom. The van der Waals surface area contributed by atoms with Crippen molar-refractivity contribution >= 4 is 29.4 Å². The molecular formula is C23H24N2O4S. The second-order valence-electron chi connectivity index (χ2n) is 6.98. The molecule has 30 heavy (non-hydrogen) atoms. The number of imidazole rings is 1. The molecule has 2 N–H and O–H groups in total. The lowest BCUT2D eigenvalue weighted by molar-refractivity contribution is -0.132. The van der Waals surface area contributed by atoms with E-state index in [0.717, 1.165) is 30.0 Å². The average molecular weight is 425 g/mol. The molecule has 2 aromatic heterocycles. The van der Waals surface area contributed by atoms with Crippen LogP contribution in [0.2, 0.25) is 0 Å². The number of carboxylic acid groups (broad SMARTS) is 2. The summed E-state index contributed by atoms with van der Waals surface area (Å²) in [4.78, 5) is 29.0. The second-order valence-corrected chi connectivity index (χ2v) is 8.01. The van der Waals surface area contributed by atoms with Crippen LogP contribution in [0, 0.1) is 0 Å². The number of rotatable bonds is 10. The van der Waals surface area contributed by atoms with Crippen LogP contribution < -0.4 is 0 Å². The Morgan fingerprint density at radius 1 is 1.17 bits per heavy atom. The number of carbonyl (C=O) groups is 2. The first-order valence-corrected chi connectivity index (χ1v) is 10.7. The van der Waals surface area contributed by atoms with E-state index in [2.05, 4.69) is 11.9 Å². The van der Waals surface area contributed by atoms with E-state index in [1.165, 1.54) is 11.3 Å². The molecule has 2 heterocycles. The van der Waals surface area contributed by atoms with Gasteiger partial charge in [-0.1, -0.05) is 37.6 Å². The number of unbranched alkanes of at least 4 members (excludes halogenated alkanes) is 1. The molecule has 3 aromatic rings. The molecule has 3 rings (SSSR count). The Labute approximate surface area is 179 Å². The van der Waals surface area contributed by atoms with Gasteiger partial charge < -0.3 is 14.8 Å². The van der Waals surface area contributed by atoms with Gasteiger partial charge in [0.2, 0.25) is 0 Å². The number of hydrogen-bond donors (Lipinski definition) is 2. The molecule has 0 atom stereocenters. The molecule has 0 radical (unpaired) electrons. The number of carboxylic acids is 2. The molecule has 0 saturated carbocycles. The Bertz CT molecular complexity index is 1050. The van der Waals surface area contributed by atoms with Gasteiger partial charge in [0.25, 0.3) is 0 Å². The average Bonchev–Trinajstić information content (AvgIpc) is 3.36. The predicted molar refractivity (Wildman–Crippen MR) is 117 cm³/mol. The van der Waals surface area contributed by atoms with Gasteiger partial charge in [-0.3, -0.25) is 0 Å². The summed E-state index contributed by atoms with van der Waals surface area (Å²) in [5.74, 6) is -1.14. The SMILES string of the molecule is CCCCc1ncc(/C=C(/Cc2cccs2)C(=O)O)n1Cc1ccccc1C(=O)O. The van der Waals surface area contributed by atoms with E-state index in [0.29, 0.717) is 24.2 Å². The van der Waals surface area contributed by atoms with E-state index >= 15 is 0 Å². The molecule has 0 bridgehead atoms. The van der Waals surface area contributed by atoms with E-state index in [1.807, 2.05) is 22.1 Å². The fourth-order valence-corrected chi connectivity index (χ4v) is 3.99. The lowest BCUT2D eigenvalue weighted by Gasteiger charge is -2.13. The quantitative estimate of drug-likeness (QED) is 0.459. The first-order chi connectivity index (χ1) is 14.5. The zero-order chi connectivity index (χ0) is 21.5. The zero-order valence-corrected chi connectivity index (χ0v) is 17.6. The minimum absolute atomic E-state index is 0.236. The van der Waals surface area contributed by atoms with Crippen LogP contribution >= 0.6 is 11.3 Å². The Morgan fingerprint density at radius 2 is 1.97 bits per heavy atom. The van der Waals surface area contributed by atoms with E-state index in [4.69, 9.17) is 0 Å². The van der Waals surface area contributed by atoms with Crippen LogP contribution in [0.15, 0.2) is 53.5 Å². The smallest absolute Gasteiger partial charge is 0.336 e. The van der Waals surface area contributed by atoms with E-state index in [-0.39, 0.29) is 11.1 Å². The van der Waals surface area contributed by atoms with Gasteiger partial charge in [-0.25, -0.2) is 14.6 Å². The molecule has 1 aromatic carbocycles. The zero-order valence-electron chi connectivity index (χ0n) is 16.7. The molecule has 0 spiro atoms. The number of aromatic carboxylic acids is 1. The van der Waals surface area contributed by atoms with E-state index < -0.39 is 11.9 Å². The summed E-state index contributed by atoms with van der Waals surface area (Å²) in [6.07, 6.45) is 6.34. The summed E-state index contributed by atoms with van der Waals surface area (Å²) in [6.45, 7) is 2.41. The highest BCUT2D eigenvalue weighted by molar-refractivity contribution is 7.09. The Kier molecular flexibility index (Phi) is 7.19.